The third-order valence-electron chi connectivity index (χ3n) is 7.58. The number of aryl methyl sites for hydroxylation is 3. The molecule has 0 saturated heterocycles. The zero-order valence-electron chi connectivity index (χ0n) is 23.3. The van der Waals surface area contributed by atoms with Crippen LogP contribution in [0.1, 0.15) is 61.9 Å². The zero-order valence-corrected chi connectivity index (χ0v) is 24.8. The monoisotopic (exact) mass is 601 g/mol. The smallest absolute Gasteiger partial charge is 0.269 e. The second-order valence-electron chi connectivity index (χ2n) is 10.9. The van der Waals surface area contributed by atoms with Gasteiger partial charge in [0.05, 0.1) is 10.5 Å². The van der Waals surface area contributed by atoms with E-state index in [1.54, 1.807) is 50.2 Å². The van der Waals surface area contributed by atoms with E-state index in [0.29, 0.717) is 26.9 Å². The van der Waals surface area contributed by atoms with Crippen molar-refractivity contribution < 1.29 is 22.7 Å². The Kier molecular flexibility index (Phi) is 6.82. The van der Waals surface area contributed by atoms with E-state index in [0.717, 1.165) is 33.5 Å². The zero-order chi connectivity index (χ0) is 29.9. The SMILES string of the molecule is Cc1cc(C)c(S(=O)(=O)n2cc(C(=O)COc3cc4ccc(Cl)cc4cc3C(N)=O)c3ccc(C4CC4)nc32)c(C)c1. The molecule has 10 heteroatoms. The third kappa shape index (κ3) is 4.92. The summed E-state index contributed by atoms with van der Waals surface area (Å²) in [4.78, 5) is 30.7. The molecule has 2 heterocycles. The normalized spacial score (nSPS) is 13.5. The number of hydrogen-bond acceptors (Lipinski definition) is 6. The van der Waals surface area contributed by atoms with E-state index in [9.17, 15) is 18.0 Å². The fourth-order valence-electron chi connectivity index (χ4n) is 5.55. The number of nitrogens with two attached hydrogens (primary N) is 1. The Morgan fingerprint density at radius 1 is 0.976 bits per heavy atom. The molecule has 2 N–H and O–H groups in total. The van der Waals surface area contributed by atoms with Crippen LogP contribution in [-0.4, -0.2) is 35.7 Å². The lowest BCUT2D eigenvalue weighted by Gasteiger charge is -2.14. The number of hydrogen-bond donors (Lipinski definition) is 1. The first kappa shape index (κ1) is 27.9. The maximum Gasteiger partial charge on any atom is 0.269 e. The van der Waals surface area contributed by atoms with E-state index >= 15 is 0 Å². The first-order chi connectivity index (χ1) is 19.9. The van der Waals surface area contributed by atoms with Crippen LogP contribution >= 0.6 is 11.6 Å². The molecule has 42 heavy (non-hydrogen) atoms. The van der Waals surface area contributed by atoms with Gasteiger partial charge in [0.2, 0.25) is 5.78 Å². The highest BCUT2D eigenvalue weighted by Crippen LogP contribution is 2.40. The van der Waals surface area contributed by atoms with Gasteiger partial charge in [-0.25, -0.2) is 17.4 Å². The number of ether oxygens (including phenoxy) is 1. The van der Waals surface area contributed by atoms with Crippen LogP contribution in [0.15, 0.2) is 65.7 Å². The van der Waals surface area contributed by atoms with Crippen molar-refractivity contribution in [3.8, 4) is 5.75 Å². The minimum absolute atomic E-state index is 0.101. The largest absolute Gasteiger partial charge is 0.485 e. The fourth-order valence-corrected chi connectivity index (χ4v) is 7.47. The second-order valence-corrected chi connectivity index (χ2v) is 13.1. The molecule has 0 atom stereocenters. The van der Waals surface area contributed by atoms with Crippen LogP contribution in [0.5, 0.6) is 5.75 Å². The van der Waals surface area contributed by atoms with Crippen molar-refractivity contribution in [2.24, 2.45) is 5.73 Å². The van der Waals surface area contributed by atoms with Crippen LogP contribution in [0.2, 0.25) is 5.02 Å². The first-order valence-corrected chi connectivity index (χ1v) is 15.3. The number of aromatic nitrogens is 2. The minimum Gasteiger partial charge on any atom is -0.485 e. The summed E-state index contributed by atoms with van der Waals surface area (Å²) < 4.78 is 35.2. The summed E-state index contributed by atoms with van der Waals surface area (Å²) in [5, 5.41) is 2.35. The second kappa shape index (κ2) is 10.3. The molecular weight excluding hydrogens is 574 g/mol. The number of carbonyl (C=O) groups is 2. The van der Waals surface area contributed by atoms with Crippen LogP contribution < -0.4 is 10.5 Å². The summed E-state index contributed by atoms with van der Waals surface area (Å²) in [6.45, 7) is 4.98. The van der Waals surface area contributed by atoms with Crippen LogP contribution in [0.25, 0.3) is 21.8 Å². The standard InChI is InChI=1S/C32H28ClN3O5S/c1-17-10-18(2)30(19(3)11-17)42(39,40)36-15-26(24-8-9-27(20-4-5-20)35-32(24)36)28(37)16-41-29-14-21-6-7-23(33)12-22(21)13-25(29)31(34)38/h6-15,20H,4-5,16H2,1-3H3,(H2,34,38). The molecule has 0 spiro atoms. The van der Waals surface area contributed by atoms with Crippen molar-refractivity contribution in [2.45, 2.75) is 44.4 Å². The van der Waals surface area contributed by atoms with Crippen molar-refractivity contribution in [1.82, 2.24) is 8.96 Å². The highest BCUT2D eigenvalue weighted by Gasteiger charge is 2.30. The van der Waals surface area contributed by atoms with Crippen molar-refractivity contribution in [3.05, 3.63) is 99.3 Å². The molecule has 2 aromatic heterocycles. The van der Waals surface area contributed by atoms with E-state index in [4.69, 9.17) is 27.1 Å². The molecule has 6 rings (SSSR count). The van der Waals surface area contributed by atoms with Crippen LogP contribution in [0, 0.1) is 20.8 Å². The van der Waals surface area contributed by atoms with Gasteiger partial charge in [0.25, 0.3) is 15.9 Å². The van der Waals surface area contributed by atoms with Gasteiger partial charge in [0.1, 0.15) is 5.75 Å². The van der Waals surface area contributed by atoms with Gasteiger partial charge in [-0.05, 0) is 91.9 Å². The molecule has 0 radical (unpaired) electrons. The number of carbonyl (C=O) groups excluding carboxylic acids is 2. The molecule has 0 aliphatic heterocycles. The number of ketones is 1. The summed E-state index contributed by atoms with van der Waals surface area (Å²) >= 11 is 6.09. The van der Waals surface area contributed by atoms with Gasteiger partial charge in [-0.2, -0.15) is 0 Å². The average Bonchev–Trinajstić information content (AvgIpc) is 3.70. The van der Waals surface area contributed by atoms with Gasteiger partial charge in [-0.3, -0.25) is 9.59 Å². The Labute approximate surface area is 248 Å². The number of fused-ring (bicyclic) bond motifs is 2. The number of benzene rings is 3. The fraction of sp³-hybridized carbons (Fsp3) is 0.219. The number of halogens is 1. The van der Waals surface area contributed by atoms with E-state index in [1.807, 2.05) is 25.1 Å². The Bertz CT molecular complexity index is 2040. The number of rotatable bonds is 8. The molecule has 1 aliphatic rings. The van der Waals surface area contributed by atoms with Crippen LogP contribution in [0.4, 0.5) is 0 Å². The highest BCUT2D eigenvalue weighted by molar-refractivity contribution is 7.90. The molecule has 1 fully saturated rings. The van der Waals surface area contributed by atoms with Crippen LogP contribution in [-0.2, 0) is 10.0 Å². The Hall–Kier alpha value is -4.21. The van der Waals surface area contributed by atoms with E-state index in [-0.39, 0.29) is 33.3 Å². The predicted molar refractivity (Wildman–Crippen MR) is 162 cm³/mol. The lowest BCUT2D eigenvalue weighted by atomic mass is 10.1. The van der Waals surface area contributed by atoms with Gasteiger partial charge in [-0.15, -0.1) is 0 Å². The molecule has 8 nitrogen and oxygen atoms in total. The van der Waals surface area contributed by atoms with Gasteiger partial charge in [0, 0.05) is 33.8 Å². The summed E-state index contributed by atoms with van der Waals surface area (Å²) in [7, 11) is -4.10. The number of pyridine rings is 1. The molecule has 1 saturated carbocycles. The highest BCUT2D eigenvalue weighted by atomic mass is 35.5. The van der Waals surface area contributed by atoms with Crippen LogP contribution in [0.3, 0.4) is 0 Å². The van der Waals surface area contributed by atoms with Crippen molar-refractivity contribution in [1.29, 1.82) is 0 Å². The molecule has 0 unspecified atom stereocenters. The molecular formula is C32H28ClN3O5S. The first-order valence-electron chi connectivity index (χ1n) is 13.5. The number of Topliss-reactive ketones (excluding diaryl/α,β-unsaturated/α-hetero) is 1. The number of amides is 1. The quantitative estimate of drug-likeness (QED) is 0.210. The van der Waals surface area contributed by atoms with Gasteiger partial charge in [0.15, 0.2) is 12.3 Å². The topological polar surface area (TPSA) is 121 Å². The van der Waals surface area contributed by atoms with E-state index < -0.39 is 28.3 Å². The lowest BCUT2D eigenvalue weighted by Crippen LogP contribution is -2.17. The Morgan fingerprint density at radius 3 is 2.36 bits per heavy atom. The van der Waals surface area contributed by atoms with E-state index in [1.165, 1.54) is 6.20 Å². The van der Waals surface area contributed by atoms with Crippen molar-refractivity contribution >= 4 is 55.1 Å². The number of primary amides is 1. The predicted octanol–water partition coefficient (Wildman–Crippen LogP) is 6.24. The van der Waals surface area contributed by atoms with Crippen molar-refractivity contribution in [3.63, 3.8) is 0 Å². The average molecular weight is 602 g/mol. The summed E-state index contributed by atoms with van der Waals surface area (Å²) in [6, 6.07) is 15.6. The minimum atomic E-state index is -4.10. The summed E-state index contributed by atoms with van der Waals surface area (Å²) in [6.07, 6.45) is 3.30. The Balaban J connectivity index is 1.42. The van der Waals surface area contributed by atoms with Gasteiger partial charge < -0.3 is 10.5 Å². The lowest BCUT2D eigenvalue weighted by molar-refractivity contribution is 0.0914. The molecule has 1 aliphatic carbocycles. The third-order valence-corrected chi connectivity index (χ3v) is 9.78. The van der Waals surface area contributed by atoms with Gasteiger partial charge in [-0.1, -0.05) is 35.4 Å². The molecule has 0 bridgehead atoms. The Morgan fingerprint density at radius 2 is 1.69 bits per heavy atom. The summed E-state index contributed by atoms with van der Waals surface area (Å²) in [5.74, 6) is -0.774. The maximum atomic E-state index is 14.1. The number of nitrogens with zero attached hydrogens (tertiary/aromatic N) is 2. The molecule has 5 aromatic rings. The van der Waals surface area contributed by atoms with E-state index in [2.05, 4.69) is 0 Å². The molecule has 214 valence electrons. The van der Waals surface area contributed by atoms with Crippen molar-refractivity contribution in [2.75, 3.05) is 6.61 Å². The molecule has 3 aromatic carbocycles. The van der Waals surface area contributed by atoms with Gasteiger partial charge >= 0.3 is 0 Å². The molecule has 1 amide bonds. The maximum absolute atomic E-state index is 14.1. The summed E-state index contributed by atoms with van der Waals surface area (Å²) in [5.41, 5.74) is 9.03.